The van der Waals surface area contributed by atoms with Gasteiger partial charge in [-0.2, -0.15) is 0 Å². The molecule has 0 bridgehead atoms. The number of amides is 1. The van der Waals surface area contributed by atoms with Gasteiger partial charge in [-0.3, -0.25) is 4.79 Å². The van der Waals surface area contributed by atoms with E-state index in [0.717, 1.165) is 6.08 Å². The predicted molar refractivity (Wildman–Crippen MR) is 42.7 cm³/mol. The first-order valence-corrected chi connectivity index (χ1v) is 3.43. The lowest BCUT2D eigenvalue weighted by Crippen LogP contribution is -2.25. The Morgan fingerprint density at radius 2 is 2.25 bits per heavy atom. The highest BCUT2D eigenvalue weighted by Crippen LogP contribution is 2.07. The van der Waals surface area contributed by atoms with Gasteiger partial charge in [0.15, 0.2) is 0 Å². The molecule has 0 saturated carbocycles. The van der Waals surface area contributed by atoms with Crippen molar-refractivity contribution in [3.8, 4) is 0 Å². The van der Waals surface area contributed by atoms with Crippen molar-refractivity contribution in [1.82, 2.24) is 5.32 Å². The molecular weight excluding hydrogens is 164 g/mol. The number of allylic oxidation sites excluding steroid dienone is 1. The largest absolute Gasteiger partial charge is 0.352 e. The van der Waals surface area contributed by atoms with Crippen LogP contribution in [-0.2, 0) is 4.79 Å². The second-order valence-corrected chi connectivity index (χ2v) is 2.37. The molecule has 0 heterocycles. The first kappa shape index (κ1) is 10.8. The van der Waals surface area contributed by atoms with E-state index in [1.165, 1.54) is 6.92 Å². The highest BCUT2D eigenvalue weighted by molar-refractivity contribution is 5.47. The molecule has 0 aromatic heterocycles. The van der Waals surface area contributed by atoms with Crippen LogP contribution in [0, 0.1) is 0 Å². The molecule has 1 atom stereocenters. The third kappa shape index (κ3) is 5.58. The smallest absolute Gasteiger partial charge is 0.207 e. The quantitative estimate of drug-likeness (QED) is 0.635. The fourth-order valence-corrected chi connectivity index (χ4v) is 0.769. The molecule has 0 aromatic rings. The van der Waals surface area contributed by atoms with Crippen molar-refractivity contribution in [3.63, 3.8) is 0 Å². The lowest BCUT2D eigenvalue weighted by Gasteiger charge is -2.08. The number of nitrogens with one attached hydrogen (secondary N) is 1. The highest BCUT2D eigenvalue weighted by Gasteiger charge is 2.05. The summed E-state index contributed by atoms with van der Waals surface area (Å²) in [5.74, 6) is -1.05. The minimum atomic E-state index is -0.648. The van der Waals surface area contributed by atoms with E-state index >= 15 is 0 Å². The van der Waals surface area contributed by atoms with Crippen molar-refractivity contribution in [2.75, 3.05) is 0 Å². The van der Waals surface area contributed by atoms with Crippen molar-refractivity contribution in [2.45, 2.75) is 19.4 Å². The third-order valence-corrected chi connectivity index (χ3v) is 1.15. The number of hydrogen-bond donors (Lipinski definition) is 1. The van der Waals surface area contributed by atoms with E-state index < -0.39 is 17.7 Å². The SMILES string of the molecule is C=C(F)C[C@H](/C=C(\C)F)NC=O. The summed E-state index contributed by atoms with van der Waals surface area (Å²) in [5.41, 5.74) is 0. The van der Waals surface area contributed by atoms with E-state index in [1.807, 2.05) is 0 Å². The molecule has 0 rings (SSSR count). The number of carbonyl (C=O) groups is 1. The minimum Gasteiger partial charge on any atom is -0.352 e. The van der Waals surface area contributed by atoms with Crippen LogP contribution >= 0.6 is 0 Å². The zero-order valence-electron chi connectivity index (χ0n) is 6.81. The monoisotopic (exact) mass is 175 g/mol. The van der Waals surface area contributed by atoms with E-state index in [1.54, 1.807) is 0 Å². The number of rotatable bonds is 5. The summed E-state index contributed by atoms with van der Waals surface area (Å²) in [6.07, 6.45) is 1.42. The van der Waals surface area contributed by atoms with Gasteiger partial charge in [0.05, 0.1) is 17.7 Å². The summed E-state index contributed by atoms with van der Waals surface area (Å²) in [6, 6.07) is -0.648. The second-order valence-electron chi connectivity index (χ2n) is 2.37. The molecule has 0 aliphatic rings. The van der Waals surface area contributed by atoms with E-state index in [9.17, 15) is 13.6 Å². The van der Waals surface area contributed by atoms with Crippen molar-refractivity contribution in [1.29, 1.82) is 0 Å². The van der Waals surface area contributed by atoms with E-state index in [0.29, 0.717) is 6.41 Å². The molecule has 0 aliphatic heterocycles. The number of carbonyl (C=O) groups excluding carboxylic acids is 1. The molecular formula is C8H11F2NO. The van der Waals surface area contributed by atoms with Crippen molar-refractivity contribution < 1.29 is 13.6 Å². The molecule has 1 N–H and O–H groups in total. The van der Waals surface area contributed by atoms with Crippen LogP contribution in [0.25, 0.3) is 0 Å². The van der Waals surface area contributed by atoms with E-state index in [2.05, 4.69) is 11.9 Å². The van der Waals surface area contributed by atoms with Gasteiger partial charge in [0.25, 0.3) is 0 Å². The lowest BCUT2D eigenvalue weighted by molar-refractivity contribution is -0.109. The summed E-state index contributed by atoms with van der Waals surface area (Å²) in [4.78, 5) is 9.96. The highest BCUT2D eigenvalue weighted by atomic mass is 19.1. The maximum Gasteiger partial charge on any atom is 0.207 e. The van der Waals surface area contributed by atoms with Crippen LogP contribution < -0.4 is 5.32 Å². The van der Waals surface area contributed by atoms with Crippen LogP contribution in [0.1, 0.15) is 13.3 Å². The van der Waals surface area contributed by atoms with E-state index in [4.69, 9.17) is 0 Å². The Kier molecular flexibility index (Phi) is 4.92. The van der Waals surface area contributed by atoms with Gasteiger partial charge in [0.2, 0.25) is 6.41 Å². The lowest BCUT2D eigenvalue weighted by atomic mass is 10.2. The van der Waals surface area contributed by atoms with Crippen molar-refractivity contribution >= 4 is 6.41 Å². The zero-order valence-corrected chi connectivity index (χ0v) is 6.81. The van der Waals surface area contributed by atoms with Gasteiger partial charge in [-0.25, -0.2) is 8.78 Å². The van der Waals surface area contributed by atoms with E-state index in [-0.39, 0.29) is 6.42 Å². The Hall–Kier alpha value is -1.19. The molecule has 68 valence electrons. The normalized spacial score (nSPS) is 13.8. The van der Waals surface area contributed by atoms with Crippen molar-refractivity contribution in [2.24, 2.45) is 0 Å². The van der Waals surface area contributed by atoms with Crippen LogP contribution in [0.3, 0.4) is 0 Å². The standard InChI is InChI=1S/C8H11F2NO/c1-6(9)3-8(11-5-12)4-7(2)10/h4-5,8H,1,3H2,2H3,(H,11,12)/b7-4+/t8-/m1/s1. The van der Waals surface area contributed by atoms with Gasteiger partial charge in [-0.05, 0) is 13.0 Å². The van der Waals surface area contributed by atoms with Gasteiger partial charge >= 0.3 is 0 Å². The van der Waals surface area contributed by atoms with Crippen LogP contribution in [-0.4, -0.2) is 12.5 Å². The van der Waals surface area contributed by atoms with Crippen LogP contribution in [0.15, 0.2) is 24.3 Å². The fourth-order valence-electron chi connectivity index (χ4n) is 0.769. The van der Waals surface area contributed by atoms with Gasteiger partial charge < -0.3 is 5.32 Å². The van der Waals surface area contributed by atoms with Gasteiger partial charge in [-0.15, -0.1) is 0 Å². The van der Waals surface area contributed by atoms with Gasteiger partial charge in [0, 0.05) is 6.42 Å². The molecule has 12 heavy (non-hydrogen) atoms. The molecule has 4 heteroatoms. The maximum atomic E-state index is 12.3. The van der Waals surface area contributed by atoms with Crippen molar-refractivity contribution in [3.05, 3.63) is 24.3 Å². The summed E-state index contributed by atoms with van der Waals surface area (Å²) in [5, 5.41) is 2.25. The summed E-state index contributed by atoms with van der Waals surface area (Å²) in [7, 11) is 0. The molecule has 1 amide bonds. The summed E-state index contributed by atoms with van der Waals surface area (Å²) >= 11 is 0. The Bertz CT molecular complexity index is 197. The molecule has 0 aromatic carbocycles. The molecule has 0 fully saturated rings. The average Bonchev–Trinajstić information content (AvgIpc) is 1.84. The average molecular weight is 175 g/mol. The Labute approximate surface area is 70.0 Å². The first-order valence-electron chi connectivity index (χ1n) is 3.43. The summed E-state index contributed by atoms with van der Waals surface area (Å²) < 4.78 is 24.5. The maximum absolute atomic E-state index is 12.3. The Balaban J connectivity index is 4.12. The molecule has 0 radical (unpaired) electrons. The molecule has 0 saturated heterocycles. The fraction of sp³-hybridized carbons (Fsp3) is 0.375. The molecule has 0 aliphatic carbocycles. The second kappa shape index (κ2) is 5.46. The molecule has 2 nitrogen and oxygen atoms in total. The first-order chi connectivity index (χ1) is 5.56. The molecule has 0 spiro atoms. The number of halogens is 2. The third-order valence-electron chi connectivity index (χ3n) is 1.15. The van der Waals surface area contributed by atoms with Crippen LogP contribution in [0.5, 0.6) is 0 Å². The Morgan fingerprint density at radius 1 is 1.67 bits per heavy atom. The van der Waals surface area contributed by atoms with Gasteiger partial charge in [-0.1, -0.05) is 6.58 Å². The summed E-state index contributed by atoms with van der Waals surface area (Å²) in [6.45, 7) is 4.23. The van der Waals surface area contributed by atoms with Crippen LogP contribution in [0.2, 0.25) is 0 Å². The predicted octanol–water partition coefficient (Wildman–Crippen LogP) is 1.85. The Morgan fingerprint density at radius 3 is 2.58 bits per heavy atom. The minimum absolute atomic E-state index is 0.0972. The number of hydrogen-bond acceptors (Lipinski definition) is 1. The van der Waals surface area contributed by atoms with Crippen LogP contribution in [0.4, 0.5) is 8.78 Å². The molecule has 0 unspecified atom stereocenters. The topological polar surface area (TPSA) is 29.1 Å². The zero-order chi connectivity index (χ0) is 9.56. The van der Waals surface area contributed by atoms with Gasteiger partial charge in [0.1, 0.15) is 0 Å².